The van der Waals surface area contributed by atoms with Crippen LogP contribution in [0.5, 0.6) is 0 Å². The Balaban J connectivity index is 1.35. The van der Waals surface area contributed by atoms with Gasteiger partial charge in [-0.15, -0.1) is 0 Å². The lowest BCUT2D eigenvalue weighted by Gasteiger charge is -2.44. The fourth-order valence-electron chi connectivity index (χ4n) is 7.81. The summed E-state index contributed by atoms with van der Waals surface area (Å²) in [6.07, 6.45) is 0. The van der Waals surface area contributed by atoms with E-state index in [4.69, 9.17) is 0 Å². The van der Waals surface area contributed by atoms with E-state index < -0.39 is 0 Å². The van der Waals surface area contributed by atoms with Crippen molar-refractivity contribution in [1.29, 1.82) is 0 Å². The minimum absolute atomic E-state index is 0.0500. The summed E-state index contributed by atoms with van der Waals surface area (Å²) < 4.78 is 0. The molecule has 0 amide bonds. The number of hydrogen-bond donors (Lipinski definition) is 0. The van der Waals surface area contributed by atoms with Gasteiger partial charge in [0, 0.05) is 56.6 Å². The SMILES string of the molecule is c1ccc(N2c3cccc(c3)N(c3ccccc3)c3ccc4c(c3)N3B(c5ccccc5-c5ccc2cc53)c2ccccc2-4)cc1. The molecular formula is C42H28BN3. The Kier molecular flexibility index (Phi) is 5.37. The molecule has 6 bridgehead atoms. The first kappa shape index (κ1) is 25.3. The number of rotatable bonds is 2. The van der Waals surface area contributed by atoms with Crippen LogP contribution in [0.3, 0.4) is 0 Å². The predicted octanol–water partition coefficient (Wildman–Crippen LogP) is 9.84. The lowest BCUT2D eigenvalue weighted by molar-refractivity contribution is 1.23. The van der Waals surface area contributed by atoms with Gasteiger partial charge < -0.3 is 14.6 Å². The van der Waals surface area contributed by atoms with Crippen LogP contribution in [0.4, 0.5) is 45.5 Å². The topological polar surface area (TPSA) is 9.72 Å². The van der Waals surface area contributed by atoms with Crippen LogP contribution in [0.1, 0.15) is 0 Å². The molecule has 3 aliphatic heterocycles. The maximum atomic E-state index is 2.60. The van der Waals surface area contributed by atoms with Crippen molar-refractivity contribution in [3.63, 3.8) is 0 Å². The molecule has 0 spiro atoms. The van der Waals surface area contributed by atoms with E-state index in [0.717, 1.165) is 34.1 Å². The van der Waals surface area contributed by atoms with E-state index in [9.17, 15) is 0 Å². The maximum Gasteiger partial charge on any atom is 0.329 e. The van der Waals surface area contributed by atoms with Crippen molar-refractivity contribution in [3.05, 3.63) is 170 Å². The summed E-state index contributed by atoms with van der Waals surface area (Å²) in [6, 6.07) is 62.3. The Bertz CT molecular complexity index is 2140. The van der Waals surface area contributed by atoms with Crippen molar-refractivity contribution in [3.8, 4) is 22.3 Å². The number of benzene rings is 7. The lowest BCUT2D eigenvalue weighted by Crippen LogP contribution is -2.59. The lowest BCUT2D eigenvalue weighted by atomic mass is 9.43. The molecule has 3 nitrogen and oxygen atoms in total. The third-order valence-electron chi connectivity index (χ3n) is 9.72. The van der Waals surface area contributed by atoms with Crippen molar-refractivity contribution in [1.82, 2.24) is 0 Å². The molecule has 0 radical (unpaired) electrons. The van der Waals surface area contributed by atoms with Crippen LogP contribution in [0.2, 0.25) is 0 Å². The molecule has 214 valence electrons. The molecule has 0 fully saturated rings. The van der Waals surface area contributed by atoms with Crippen LogP contribution in [0.15, 0.2) is 170 Å². The molecule has 4 heteroatoms. The van der Waals surface area contributed by atoms with Crippen LogP contribution in [-0.2, 0) is 0 Å². The zero-order valence-electron chi connectivity index (χ0n) is 25.1. The summed E-state index contributed by atoms with van der Waals surface area (Å²) in [4.78, 5) is 7.37. The van der Waals surface area contributed by atoms with Gasteiger partial charge in [-0.2, -0.15) is 0 Å². The van der Waals surface area contributed by atoms with Gasteiger partial charge in [-0.25, -0.2) is 0 Å². The average Bonchev–Trinajstić information content (AvgIpc) is 3.12. The third-order valence-corrected chi connectivity index (χ3v) is 9.72. The van der Waals surface area contributed by atoms with E-state index in [1.807, 2.05) is 0 Å². The molecule has 0 atom stereocenters. The van der Waals surface area contributed by atoms with Gasteiger partial charge in [0.2, 0.25) is 0 Å². The standard InChI is InChI=1S/C42H28BN3/c1-3-12-29(13-4-1)44-31-16-11-17-32(26-31)45(30-14-5-2-6-15-30)34-23-25-38-36-19-8-10-21-40(36)43-39-20-9-7-18-35(39)37-24-22-33(44)27-41(37)46(43)42(38)28-34/h1-28H. The second-order valence-corrected chi connectivity index (χ2v) is 12.2. The summed E-state index contributed by atoms with van der Waals surface area (Å²) in [6.45, 7) is 0.0500. The fourth-order valence-corrected chi connectivity index (χ4v) is 7.81. The molecule has 3 heterocycles. The van der Waals surface area contributed by atoms with E-state index in [0.29, 0.717) is 0 Å². The number of anilines is 8. The Morgan fingerprint density at radius 2 is 0.717 bits per heavy atom. The van der Waals surface area contributed by atoms with E-state index in [2.05, 4.69) is 184 Å². The Morgan fingerprint density at radius 3 is 1.22 bits per heavy atom. The monoisotopic (exact) mass is 585 g/mol. The molecule has 7 aromatic rings. The van der Waals surface area contributed by atoms with Gasteiger partial charge in [0.05, 0.1) is 0 Å². The number of nitrogens with zero attached hydrogens (tertiary/aromatic N) is 3. The largest absolute Gasteiger partial charge is 0.376 e. The summed E-state index contributed by atoms with van der Waals surface area (Å²) >= 11 is 0. The first-order chi connectivity index (χ1) is 22.8. The molecule has 0 saturated heterocycles. The van der Waals surface area contributed by atoms with Crippen LogP contribution in [0, 0.1) is 0 Å². The molecule has 0 saturated carbocycles. The highest BCUT2D eigenvalue weighted by Gasteiger charge is 2.42. The highest BCUT2D eigenvalue weighted by molar-refractivity contribution is 6.92. The molecule has 0 unspecified atom stereocenters. The van der Waals surface area contributed by atoms with E-state index >= 15 is 0 Å². The minimum atomic E-state index is 0.0500. The predicted molar refractivity (Wildman–Crippen MR) is 194 cm³/mol. The second-order valence-electron chi connectivity index (χ2n) is 12.2. The number of hydrogen-bond acceptors (Lipinski definition) is 3. The van der Waals surface area contributed by atoms with Crippen molar-refractivity contribution >= 4 is 63.3 Å². The van der Waals surface area contributed by atoms with Crippen molar-refractivity contribution in [2.24, 2.45) is 0 Å². The maximum absolute atomic E-state index is 2.60. The summed E-state index contributed by atoms with van der Waals surface area (Å²) in [7, 11) is 0. The van der Waals surface area contributed by atoms with Crippen molar-refractivity contribution in [2.45, 2.75) is 0 Å². The van der Waals surface area contributed by atoms with Gasteiger partial charge in [-0.1, -0.05) is 103 Å². The van der Waals surface area contributed by atoms with Gasteiger partial charge in [0.1, 0.15) is 0 Å². The molecule has 0 aromatic heterocycles. The first-order valence-electron chi connectivity index (χ1n) is 15.9. The Labute approximate surface area is 269 Å². The first-order valence-corrected chi connectivity index (χ1v) is 15.9. The number of para-hydroxylation sites is 2. The normalized spacial score (nSPS) is 13.5. The van der Waals surface area contributed by atoms with Gasteiger partial charge in [-0.05, 0) is 88.8 Å². The van der Waals surface area contributed by atoms with Gasteiger partial charge in [0.25, 0.3) is 0 Å². The molecule has 3 aliphatic rings. The van der Waals surface area contributed by atoms with Crippen LogP contribution >= 0.6 is 0 Å². The zero-order valence-corrected chi connectivity index (χ0v) is 25.1. The molecule has 46 heavy (non-hydrogen) atoms. The highest BCUT2D eigenvalue weighted by atomic mass is 15.2. The van der Waals surface area contributed by atoms with Crippen molar-refractivity contribution in [2.75, 3.05) is 14.6 Å². The van der Waals surface area contributed by atoms with Crippen LogP contribution in [0.25, 0.3) is 22.3 Å². The zero-order chi connectivity index (χ0) is 30.2. The molecular weight excluding hydrogens is 557 g/mol. The summed E-state index contributed by atoms with van der Waals surface area (Å²) in [5.41, 5.74) is 16.9. The molecule has 10 rings (SSSR count). The minimum Gasteiger partial charge on any atom is -0.376 e. The van der Waals surface area contributed by atoms with Crippen LogP contribution in [-0.4, -0.2) is 6.85 Å². The van der Waals surface area contributed by atoms with Gasteiger partial charge >= 0.3 is 6.85 Å². The molecule has 7 aromatic carbocycles. The highest BCUT2D eigenvalue weighted by Crippen LogP contribution is 2.51. The van der Waals surface area contributed by atoms with Crippen LogP contribution < -0.4 is 25.5 Å². The fraction of sp³-hybridized carbons (Fsp3) is 0. The smallest absolute Gasteiger partial charge is 0.329 e. The van der Waals surface area contributed by atoms with Gasteiger partial charge in [-0.3, -0.25) is 0 Å². The van der Waals surface area contributed by atoms with E-state index in [1.165, 1.54) is 44.6 Å². The summed E-state index contributed by atoms with van der Waals surface area (Å²) in [5.74, 6) is 0. The van der Waals surface area contributed by atoms with E-state index in [-0.39, 0.29) is 6.85 Å². The molecule has 0 aliphatic carbocycles. The molecule has 0 N–H and O–H groups in total. The third kappa shape index (κ3) is 3.61. The average molecular weight is 586 g/mol. The Morgan fingerprint density at radius 1 is 0.304 bits per heavy atom. The van der Waals surface area contributed by atoms with Crippen molar-refractivity contribution < 1.29 is 0 Å². The quantitative estimate of drug-likeness (QED) is 0.187. The summed E-state index contributed by atoms with van der Waals surface area (Å²) in [5, 5.41) is 0. The second kappa shape index (κ2) is 9.75. The number of fused-ring (bicyclic) bond motifs is 10. The van der Waals surface area contributed by atoms with E-state index in [1.54, 1.807) is 0 Å². The van der Waals surface area contributed by atoms with Gasteiger partial charge in [0.15, 0.2) is 0 Å². The Hall–Kier alpha value is -6.00.